The molecule has 1 N–H and O–H groups in total. The summed E-state index contributed by atoms with van der Waals surface area (Å²) in [6.45, 7) is 3.57. The molecule has 2 heterocycles. The third kappa shape index (κ3) is 3.46. The van der Waals surface area contributed by atoms with Gasteiger partial charge in [-0.2, -0.15) is 0 Å². The number of benzene rings is 1. The third-order valence-electron chi connectivity index (χ3n) is 3.30. The van der Waals surface area contributed by atoms with Crippen LogP contribution in [0.1, 0.15) is 21.2 Å². The van der Waals surface area contributed by atoms with Crippen LogP contribution < -0.4 is 5.32 Å². The van der Waals surface area contributed by atoms with E-state index in [-0.39, 0.29) is 5.69 Å². The van der Waals surface area contributed by atoms with Crippen molar-refractivity contribution in [2.45, 2.75) is 13.8 Å². The second-order valence-corrected chi connectivity index (χ2v) is 6.28. The lowest BCUT2D eigenvalue weighted by Gasteiger charge is -2.07. The van der Waals surface area contributed by atoms with Gasteiger partial charge in [-0.1, -0.05) is 6.07 Å². The highest BCUT2D eigenvalue weighted by Crippen LogP contribution is 2.23. The van der Waals surface area contributed by atoms with Crippen LogP contribution in [0.5, 0.6) is 0 Å². The van der Waals surface area contributed by atoms with Crippen molar-refractivity contribution in [2.24, 2.45) is 0 Å². The van der Waals surface area contributed by atoms with Crippen molar-refractivity contribution in [3.63, 3.8) is 0 Å². The zero-order chi connectivity index (χ0) is 17.3. The topological polar surface area (TPSA) is 54.9 Å². The average Bonchev–Trinajstić information content (AvgIpc) is 2.94. The number of amides is 1. The lowest BCUT2D eigenvalue weighted by molar-refractivity contribution is 0.102. The molecular weight excluding hydrogens is 332 g/mol. The molecule has 0 atom stereocenters. The van der Waals surface area contributed by atoms with E-state index in [0.717, 1.165) is 17.1 Å². The Morgan fingerprint density at radius 1 is 1.04 bits per heavy atom. The number of carbonyl (C=O) groups is 1. The first kappa shape index (κ1) is 16.2. The van der Waals surface area contributed by atoms with Crippen molar-refractivity contribution in [1.29, 1.82) is 0 Å². The normalized spacial score (nSPS) is 10.7. The number of aryl methyl sites for hydroxylation is 2. The van der Waals surface area contributed by atoms with Crippen LogP contribution in [0.3, 0.4) is 0 Å². The summed E-state index contributed by atoms with van der Waals surface area (Å²) < 4.78 is 26.5. The molecule has 0 aliphatic carbocycles. The molecular formula is C17H13F2N3OS. The summed E-state index contributed by atoms with van der Waals surface area (Å²) in [7, 11) is 0. The number of hydrogen-bond acceptors (Lipinski definition) is 4. The highest BCUT2D eigenvalue weighted by atomic mass is 32.1. The first-order valence-electron chi connectivity index (χ1n) is 7.10. The van der Waals surface area contributed by atoms with Crippen molar-refractivity contribution in [3.05, 3.63) is 63.7 Å². The van der Waals surface area contributed by atoms with E-state index in [4.69, 9.17) is 0 Å². The number of hydrogen-bond donors (Lipinski definition) is 1. The van der Waals surface area contributed by atoms with Crippen LogP contribution in [-0.4, -0.2) is 15.9 Å². The van der Waals surface area contributed by atoms with E-state index in [1.165, 1.54) is 23.5 Å². The van der Waals surface area contributed by atoms with Gasteiger partial charge in [0.2, 0.25) is 0 Å². The van der Waals surface area contributed by atoms with Crippen molar-refractivity contribution in [3.8, 4) is 11.1 Å². The van der Waals surface area contributed by atoms with Crippen molar-refractivity contribution in [2.75, 3.05) is 5.32 Å². The molecule has 3 rings (SSSR count). The average molecular weight is 345 g/mol. The summed E-state index contributed by atoms with van der Waals surface area (Å²) in [6.07, 6.45) is 0. The van der Waals surface area contributed by atoms with Gasteiger partial charge in [0.05, 0.1) is 5.01 Å². The summed E-state index contributed by atoms with van der Waals surface area (Å²) in [4.78, 5) is 20.7. The zero-order valence-electron chi connectivity index (χ0n) is 12.9. The van der Waals surface area contributed by atoms with E-state index < -0.39 is 17.5 Å². The summed E-state index contributed by atoms with van der Waals surface area (Å²) >= 11 is 1.42. The quantitative estimate of drug-likeness (QED) is 0.768. The minimum absolute atomic E-state index is 0.181. The van der Waals surface area contributed by atoms with Gasteiger partial charge < -0.3 is 5.32 Å². The van der Waals surface area contributed by atoms with Crippen LogP contribution in [0, 0.1) is 25.5 Å². The van der Waals surface area contributed by atoms with E-state index in [9.17, 15) is 13.6 Å². The predicted octanol–water partition coefficient (Wildman–Crippen LogP) is 4.35. The maximum atomic E-state index is 13.4. The van der Waals surface area contributed by atoms with E-state index >= 15 is 0 Å². The minimum Gasteiger partial charge on any atom is -0.305 e. The molecule has 7 heteroatoms. The fraction of sp³-hybridized carbons (Fsp3) is 0.118. The van der Waals surface area contributed by atoms with Gasteiger partial charge in [0.25, 0.3) is 5.91 Å². The summed E-state index contributed by atoms with van der Waals surface area (Å²) in [5.41, 5.74) is 1.83. The van der Waals surface area contributed by atoms with Gasteiger partial charge in [-0.05, 0) is 49.2 Å². The number of thiazole rings is 1. The Bertz CT molecular complexity index is 924. The van der Waals surface area contributed by atoms with Gasteiger partial charge in [-0.3, -0.25) is 4.79 Å². The van der Waals surface area contributed by atoms with Gasteiger partial charge in [-0.25, -0.2) is 18.7 Å². The van der Waals surface area contributed by atoms with Gasteiger partial charge in [0.1, 0.15) is 11.5 Å². The fourth-order valence-electron chi connectivity index (χ4n) is 2.23. The second-order valence-electron chi connectivity index (χ2n) is 5.22. The SMILES string of the molecule is Cc1cc(-c2ccc(F)c(F)c2)cc(C(=O)Nc2csc(C)n2)n1. The number of aromatic nitrogens is 2. The molecule has 0 unspecified atom stereocenters. The Morgan fingerprint density at radius 2 is 1.83 bits per heavy atom. The minimum atomic E-state index is -0.939. The number of halogens is 2. The number of pyridine rings is 1. The molecule has 1 aromatic carbocycles. The lowest BCUT2D eigenvalue weighted by Crippen LogP contribution is -2.14. The van der Waals surface area contributed by atoms with Crippen LogP contribution in [-0.2, 0) is 0 Å². The molecule has 0 saturated heterocycles. The Kier molecular flexibility index (Phi) is 4.35. The second kappa shape index (κ2) is 6.45. The molecule has 2 aromatic heterocycles. The maximum absolute atomic E-state index is 13.4. The van der Waals surface area contributed by atoms with Crippen LogP contribution in [0.4, 0.5) is 14.6 Å². The van der Waals surface area contributed by atoms with E-state index in [1.807, 2.05) is 6.92 Å². The highest BCUT2D eigenvalue weighted by Gasteiger charge is 2.13. The number of carbonyl (C=O) groups excluding carboxylic acids is 1. The Hall–Kier alpha value is -2.67. The van der Waals surface area contributed by atoms with Crippen molar-refractivity contribution < 1.29 is 13.6 Å². The van der Waals surface area contributed by atoms with Gasteiger partial charge >= 0.3 is 0 Å². The van der Waals surface area contributed by atoms with Gasteiger partial charge in [0, 0.05) is 11.1 Å². The summed E-state index contributed by atoms with van der Waals surface area (Å²) in [5.74, 6) is -1.81. The smallest absolute Gasteiger partial charge is 0.275 e. The molecule has 0 aliphatic rings. The monoisotopic (exact) mass is 345 g/mol. The molecule has 0 spiro atoms. The molecule has 0 fully saturated rings. The predicted molar refractivity (Wildman–Crippen MR) is 89.1 cm³/mol. The van der Waals surface area contributed by atoms with Gasteiger partial charge in [0.15, 0.2) is 11.6 Å². The van der Waals surface area contributed by atoms with Crippen molar-refractivity contribution in [1.82, 2.24) is 9.97 Å². The molecule has 1 amide bonds. The third-order valence-corrected chi connectivity index (χ3v) is 4.07. The molecule has 3 aromatic rings. The standard InChI is InChI=1S/C17H13F2N3OS/c1-9-5-12(11-3-4-13(18)14(19)6-11)7-15(20-9)17(23)22-16-8-24-10(2)21-16/h3-8H,1-2H3,(H,22,23). The highest BCUT2D eigenvalue weighted by molar-refractivity contribution is 7.09. The Labute approximate surface area is 141 Å². The number of nitrogens with zero attached hydrogens (tertiary/aromatic N) is 2. The lowest BCUT2D eigenvalue weighted by atomic mass is 10.0. The van der Waals surface area contributed by atoms with Crippen LogP contribution in [0.2, 0.25) is 0 Å². The fourth-order valence-corrected chi connectivity index (χ4v) is 2.77. The largest absolute Gasteiger partial charge is 0.305 e. The summed E-state index contributed by atoms with van der Waals surface area (Å²) in [6, 6.07) is 6.84. The molecule has 0 radical (unpaired) electrons. The Balaban J connectivity index is 1.93. The molecule has 24 heavy (non-hydrogen) atoms. The molecule has 122 valence electrons. The van der Waals surface area contributed by atoms with Crippen molar-refractivity contribution >= 4 is 23.1 Å². The summed E-state index contributed by atoms with van der Waals surface area (Å²) in [5, 5.41) is 5.24. The maximum Gasteiger partial charge on any atom is 0.275 e. The van der Waals surface area contributed by atoms with Crippen LogP contribution in [0.15, 0.2) is 35.7 Å². The van der Waals surface area contributed by atoms with E-state index in [2.05, 4.69) is 15.3 Å². The van der Waals surface area contributed by atoms with Crippen LogP contribution in [0.25, 0.3) is 11.1 Å². The molecule has 0 aliphatic heterocycles. The number of anilines is 1. The van der Waals surface area contributed by atoms with Crippen LogP contribution >= 0.6 is 11.3 Å². The molecule has 4 nitrogen and oxygen atoms in total. The van der Waals surface area contributed by atoms with E-state index in [0.29, 0.717) is 22.6 Å². The number of nitrogens with one attached hydrogen (secondary N) is 1. The van der Waals surface area contributed by atoms with E-state index in [1.54, 1.807) is 18.4 Å². The molecule has 0 saturated carbocycles. The first-order chi connectivity index (χ1) is 11.4. The zero-order valence-corrected chi connectivity index (χ0v) is 13.7. The van der Waals surface area contributed by atoms with Gasteiger partial charge in [-0.15, -0.1) is 11.3 Å². The first-order valence-corrected chi connectivity index (χ1v) is 7.98. The Morgan fingerprint density at radius 3 is 2.50 bits per heavy atom. The molecule has 0 bridgehead atoms. The number of rotatable bonds is 3.